The van der Waals surface area contributed by atoms with E-state index in [-0.39, 0.29) is 12.5 Å². The number of hydrogen-bond acceptors (Lipinski definition) is 5. The number of aliphatic hydroxyl groups is 1. The summed E-state index contributed by atoms with van der Waals surface area (Å²) in [6.07, 6.45) is 2.35. The van der Waals surface area contributed by atoms with E-state index in [2.05, 4.69) is 5.32 Å². The Morgan fingerprint density at radius 1 is 1.30 bits per heavy atom. The highest BCUT2D eigenvalue weighted by molar-refractivity contribution is 7.08. The zero-order valence-electron chi connectivity index (χ0n) is 13.0. The molecule has 2 aromatic rings. The first-order valence-corrected chi connectivity index (χ1v) is 7.96. The molecule has 1 aromatic carbocycles. The van der Waals surface area contributed by atoms with Gasteiger partial charge in [-0.05, 0) is 46.2 Å². The van der Waals surface area contributed by atoms with Gasteiger partial charge in [0.15, 0.2) is 11.5 Å². The summed E-state index contributed by atoms with van der Waals surface area (Å²) in [5.41, 5.74) is 1.62. The minimum atomic E-state index is -0.826. The summed E-state index contributed by atoms with van der Waals surface area (Å²) in [7, 11) is 3.08. The maximum absolute atomic E-state index is 11.7. The second-order valence-electron chi connectivity index (χ2n) is 4.77. The van der Waals surface area contributed by atoms with Gasteiger partial charge in [-0.25, -0.2) is 0 Å². The van der Waals surface area contributed by atoms with E-state index < -0.39 is 6.10 Å². The smallest absolute Gasteiger partial charge is 0.244 e. The SMILES string of the molecule is COc1ccc(C(O)CNC(=O)/C=C/c2ccsc2)cc1OC. The lowest BCUT2D eigenvalue weighted by Gasteiger charge is -2.14. The van der Waals surface area contributed by atoms with Crippen LogP contribution < -0.4 is 14.8 Å². The first-order valence-electron chi connectivity index (χ1n) is 7.02. The maximum atomic E-state index is 11.7. The van der Waals surface area contributed by atoms with Gasteiger partial charge in [0, 0.05) is 12.6 Å². The molecule has 0 fully saturated rings. The minimum absolute atomic E-state index is 0.113. The van der Waals surface area contributed by atoms with Crippen LogP contribution in [0, 0.1) is 0 Å². The summed E-state index contributed by atoms with van der Waals surface area (Å²) >= 11 is 1.57. The number of methoxy groups -OCH3 is 2. The number of rotatable bonds is 7. The molecule has 1 heterocycles. The van der Waals surface area contributed by atoms with Crippen LogP contribution in [0.25, 0.3) is 6.08 Å². The van der Waals surface area contributed by atoms with Crippen molar-refractivity contribution in [3.05, 3.63) is 52.2 Å². The standard InChI is InChI=1S/C17H19NO4S/c1-21-15-5-4-13(9-16(15)22-2)14(19)10-18-17(20)6-3-12-7-8-23-11-12/h3-9,11,14,19H,10H2,1-2H3,(H,18,20)/b6-3+. The van der Waals surface area contributed by atoms with Gasteiger partial charge in [-0.3, -0.25) is 4.79 Å². The average molecular weight is 333 g/mol. The van der Waals surface area contributed by atoms with Crippen molar-refractivity contribution < 1.29 is 19.4 Å². The zero-order valence-corrected chi connectivity index (χ0v) is 13.8. The van der Waals surface area contributed by atoms with E-state index in [1.165, 1.54) is 13.2 Å². The van der Waals surface area contributed by atoms with Crippen LogP contribution in [-0.4, -0.2) is 31.8 Å². The summed E-state index contributed by atoms with van der Waals surface area (Å²) < 4.78 is 10.4. The molecule has 122 valence electrons. The molecular weight excluding hydrogens is 314 g/mol. The Bertz CT molecular complexity index is 667. The molecule has 0 aliphatic heterocycles. The molecule has 0 spiro atoms. The van der Waals surface area contributed by atoms with Crippen molar-refractivity contribution in [1.29, 1.82) is 0 Å². The first kappa shape index (κ1) is 17.1. The Morgan fingerprint density at radius 2 is 2.09 bits per heavy atom. The number of hydrogen-bond donors (Lipinski definition) is 2. The second-order valence-corrected chi connectivity index (χ2v) is 5.55. The Morgan fingerprint density at radius 3 is 2.74 bits per heavy atom. The number of nitrogens with one attached hydrogen (secondary N) is 1. The molecule has 0 saturated heterocycles. The number of thiophene rings is 1. The van der Waals surface area contributed by atoms with Gasteiger partial charge in [-0.15, -0.1) is 0 Å². The third kappa shape index (κ3) is 4.84. The van der Waals surface area contributed by atoms with E-state index in [1.54, 1.807) is 42.7 Å². The molecule has 1 atom stereocenters. The molecule has 2 N–H and O–H groups in total. The highest BCUT2D eigenvalue weighted by atomic mass is 32.1. The second kappa shape index (κ2) is 8.36. The normalized spacial score (nSPS) is 12.1. The zero-order chi connectivity index (χ0) is 16.7. The van der Waals surface area contributed by atoms with Gasteiger partial charge in [0.2, 0.25) is 5.91 Å². The number of amides is 1. The van der Waals surface area contributed by atoms with Crippen molar-refractivity contribution >= 4 is 23.3 Å². The van der Waals surface area contributed by atoms with Crippen LogP contribution in [-0.2, 0) is 4.79 Å². The van der Waals surface area contributed by atoms with Crippen LogP contribution in [0.1, 0.15) is 17.2 Å². The molecule has 1 aromatic heterocycles. The fraction of sp³-hybridized carbons (Fsp3) is 0.235. The van der Waals surface area contributed by atoms with E-state index in [1.807, 2.05) is 16.8 Å². The predicted molar refractivity (Wildman–Crippen MR) is 90.9 cm³/mol. The number of benzene rings is 1. The third-order valence-electron chi connectivity index (χ3n) is 3.23. The van der Waals surface area contributed by atoms with Crippen molar-refractivity contribution in [3.8, 4) is 11.5 Å². The molecule has 0 aliphatic rings. The topological polar surface area (TPSA) is 67.8 Å². The molecule has 1 amide bonds. The summed E-state index contributed by atoms with van der Waals surface area (Å²) in [5.74, 6) is 0.870. The highest BCUT2D eigenvalue weighted by Crippen LogP contribution is 2.29. The number of carbonyl (C=O) groups is 1. The lowest BCUT2D eigenvalue weighted by atomic mass is 10.1. The van der Waals surface area contributed by atoms with Crippen molar-refractivity contribution in [2.24, 2.45) is 0 Å². The molecule has 0 radical (unpaired) electrons. The average Bonchev–Trinajstić information content (AvgIpc) is 3.10. The summed E-state index contributed by atoms with van der Waals surface area (Å²) in [6, 6.07) is 7.07. The van der Waals surface area contributed by atoms with Gasteiger partial charge in [-0.1, -0.05) is 6.07 Å². The van der Waals surface area contributed by atoms with E-state index in [0.717, 1.165) is 5.56 Å². The van der Waals surface area contributed by atoms with Gasteiger partial charge in [0.1, 0.15) is 0 Å². The fourth-order valence-corrected chi connectivity index (χ4v) is 2.60. The van der Waals surface area contributed by atoms with Crippen LogP contribution in [0.5, 0.6) is 11.5 Å². The third-order valence-corrected chi connectivity index (χ3v) is 3.93. The van der Waals surface area contributed by atoms with Gasteiger partial charge in [0.25, 0.3) is 0 Å². The summed E-state index contributed by atoms with van der Waals surface area (Å²) in [6.45, 7) is 0.113. The van der Waals surface area contributed by atoms with Gasteiger partial charge in [0.05, 0.1) is 20.3 Å². The quantitative estimate of drug-likeness (QED) is 0.765. The largest absolute Gasteiger partial charge is 0.493 e. The Kier molecular flexibility index (Phi) is 6.19. The van der Waals surface area contributed by atoms with Crippen LogP contribution in [0.3, 0.4) is 0 Å². The van der Waals surface area contributed by atoms with E-state index in [4.69, 9.17) is 9.47 Å². The van der Waals surface area contributed by atoms with Crippen LogP contribution in [0.2, 0.25) is 0 Å². The predicted octanol–water partition coefficient (Wildman–Crippen LogP) is 2.63. The van der Waals surface area contributed by atoms with E-state index in [9.17, 15) is 9.90 Å². The van der Waals surface area contributed by atoms with Gasteiger partial charge >= 0.3 is 0 Å². The number of ether oxygens (including phenoxy) is 2. The molecule has 6 heteroatoms. The Labute approximate surface area is 139 Å². The molecule has 5 nitrogen and oxygen atoms in total. The highest BCUT2D eigenvalue weighted by Gasteiger charge is 2.12. The molecular formula is C17H19NO4S. The maximum Gasteiger partial charge on any atom is 0.244 e. The summed E-state index contributed by atoms with van der Waals surface area (Å²) in [5, 5.41) is 16.7. The Hall–Kier alpha value is -2.31. The van der Waals surface area contributed by atoms with Gasteiger partial charge in [-0.2, -0.15) is 11.3 Å². The minimum Gasteiger partial charge on any atom is -0.493 e. The lowest BCUT2D eigenvalue weighted by Crippen LogP contribution is -2.26. The van der Waals surface area contributed by atoms with Crippen molar-refractivity contribution in [2.75, 3.05) is 20.8 Å². The van der Waals surface area contributed by atoms with Crippen LogP contribution in [0.15, 0.2) is 41.1 Å². The first-order chi connectivity index (χ1) is 11.1. The molecule has 2 rings (SSSR count). The summed E-state index contributed by atoms with van der Waals surface area (Å²) in [4.78, 5) is 11.7. The molecule has 0 bridgehead atoms. The lowest BCUT2D eigenvalue weighted by molar-refractivity contribution is -0.116. The monoisotopic (exact) mass is 333 g/mol. The molecule has 0 aliphatic carbocycles. The van der Waals surface area contributed by atoms with Gasteiger partial charge < -0.3 is 19.9 Å². The van der Waals surface area contributed by atoms with Crippen molar-refractivity contribution in [2.45, 2.75) is 6.10 Å². The molecule has 1 unspecified atom stereocenters. The molecule has 0 saturated carbocycles. The number of aliphatic hydroxyl groups excluding tert-OH is 1. The fourth-order valence-electron chi connectivity index (χ4n) is 1.98. The van der Waals surface area contributed by atoms with Crippen molar-refractivity contribution in [1.82, 2.24) is 5.32 Å². The van der Waals surface area contributed by atoms with Crippen molar-refractivity contribution in [3.63, 3.8) is 0 Å². The van der Waals surface area contributed by atoms with E-state index >= 15 is 0 Å². The number of carbonyl (C=O) groups excluding carboxylic acids is 1. The van der Waals surface area contributed by atoms with Crippen LogP contribution >= 0.6 is 11.3 Å². The van der Waals surface area contributed by atoms with E-state index in [0.29, 0.717) is 17.1 Å². The molecule has 23 heavy (non-hydrogen) atoms. The Balaban J connectivity index is 1.91. The van der Waals surface area contributed by atoms with Crippen LogP contribution in [0.4, 0.5) is 0 Å².